The van der Waals surface area contributed by atoms with Crippen LogP contribution in [0.5, 0.6) is 0 Å². The number of nitrogens with zero attached hydrogens (tertiary/aromatic N) is 2. The Labute approximate surface area is 152 Å². The van der Waals surface area contributed by atoms with Crippen molar-refractivity contribution in [1.82, 2.24) is 4.90 Å². The summed E-state index contributed by atoms with van der Waals surface area (Å²) in [5, 5.41) is 0.495. The van der Waals surface area contributed by atoms with E-state index in [-0.39, 0.29) is 24.3 Å². The van der Waals surface area contributed by atoms with Gasteiger partial charge in [0.15, 0.2) is 0 Å². The van der Waals surface area contributed by atoms with Crippen LogP contribution in [-0.4, -0.2) is 51.0 Å². The number of amides is 2. The monoisotopic (exact) mass is 387 g/mol. The summed E-state index contributed by atoms with van der Waals surface area (Å²) in [5.41, 5.74) is 6.38. The Hall–Kier alpha value is -1.80. The van der Waals surface area contributed by atoms with Crippen molar-refractivity contribution in [1.29, 1.82) is 0 Å². The number of benzene rings is 1. The molecule has 1 aromatic carbocycles. The van der Waals surface area contributed by atoms with Crippen molar-refractivity contribution in [2.45, 2.75) is 19.8 Å². The van der Waals surface area contributed by atoms with Gasteiger partial charge in [0.25, 0.3) is 0 Å². The van der Waals surface area contributed by atoms with Crippen molar-refractivity contribution >= 4 is 39.1 Å². The molecule has 9 heteroatoms. The zero-order valence-corrected chi connectivity index (χ0v) is 15.8. The molecule has 0 spiro atoms. The normalized spacial score (nSPS) is 15.9. The molecule has 0 aromatic heterocycles. The van der Waals surface area contributed by atoms with Crippen molar-refractivity contribution in [2.75, 3.05) is 30.2 Å². The Morgan fingerprint density at radius 2 is 1.92 bits per heavy atom. The first-order valence-corrected chi connectivity index (χ1v) is 10.1. The van der Waals surface area contributed by atoms with Gasteiger partial charge in [0, 0.05) is 24.0 Å². The minimum Gasteiger partial charge on any atom is -0.369 e. The lowest BCUT2D eigenvalue weighted by Gasteiger charge is -2.32. The molecular weight excluding hydrogens is 366 g/mol. The summed E-state index contributed by atoms with van der Waals surface area (Å²) in [5.74, 6) is -0.891. The van der Waals surface area contributed by atoms with Crippen LogP contribution in [-0.2, 0) is 19.6 Å². The lowest BCUT2D eigenvalue weighted by Crippen LogP contribution is -2.47. The van der Waals surface area contributed by atoms with Crippen molar-refractivity contribution in [3.05, 3.63) is 28.8 Å². The van der Waals surface area contributed by atoms with Crippen LogP contribution in [0.15, 0.2) is 18.2 Å². The third-order valence-electron chi connectivity index (χ3n) is 4.36. The van der Waals surface area contributed by atoms with Crippen molar-refractivity contribution in [3.63, 3.8) is 0 Å². The Morgan fingerprint density at radius 1 is 1.32 bits per heavy atom. The predicted octanol–water partition coefficient (Wildman–Crippen LogP) is 1.14. The third-order valence-corrected chi connectivity index (χ3v) is 5.72. The van der Waals surface area contributed by atoms with E-state index in [9.17, 15) is 18.0 Å². The van der Waals surface area contributed by atoms with E-state index in [4.69, 9.17) is 17.3 Å². The standard InChI is InChI=1S/C16H22ClN3O4S/c1-11-9-13(17)3-4-14(11)20(25(2,23)24)10-15(21)19-7-5-12(6-8-19)16(18)22/h3-4,9,12H,5-8,10H2,1-2H3,(H2,18,22). The number of piperidine rings is 1. The van der Waals surface area contributed by atoms with Gasteiger partial charge in [-0.3, -0.25) is 13.9 Å². The van der Waals surface area contributed by atoms with Crippen molar-refractivity contribution in [3.8, 4) is 0 Å². The molecule has 1 saturated heterocycles. The zero-order chi connectivity index (χ0) is 18.8. The highest BCUT2D eigenvalue weighted by atomic mass is 35.5. The highest BCUT2D eigenvalue weighted by Crippen LogP contribution is 2.26. The van der Waals surface area contributed by atoms with Gasteiger partial charge in [0.1, 0.15) is 6.54 Å². The van der Waals surface area contributed by atoms with Gasteiger partial charge in [0.05, 0.1) is 11.9 Å². The zero-order valence-electron chi connectivity index (χ0n) is 14.2. The molecule has 2 N–H and O–H groups in total. The lowest BCUT2D eigenvalue weighted by atomic mass is 9.96. The first kappa shape index (κ1) is 19.5. The summed E-state index contributed by atoms with van der Waals surface area (Å²) < 4.78 is 25.5. The van der Waals surface area contributed by atoms with E-state index < -0.39 is 10.0 Å². The number of anilines is 1. The number of primary amides is 1. The highest BCUT2D eigenvalue weighted by Gasteiger charge is 2.29. The Balaban J connectivity index is 2.16. The Kier molecular flexibility index (Phi) is 5.95. The van der Waals surface area contributed by atoms with E-state index in [0.29, 0.717) is 42.2 Å². The fourth-order valence-corrected chi connectivity index (χ4v) is 4.05. The van der Waals surface area contributed by atoms with Crippen LogP contribution in [0.25, 0.3) is 0 Å². The molecule has 0 aliphatic carbocycles. The molecule has 2 amide bonds. The maximum absolute atomic E-state index is 12.6. The third kappa shape index (κ3) is 4.85. The number of likely N-dealkylation sites (tertiary alicyclic amines) is 1. The summed E-state index contributed by atoms with van der Waals surface area (Å²) in [6.07, 6.45) is 2.06. The van der Waals surface area contributed by atoms with Gasteiger partial charge in [-0.15, -0.1) is 0 Å². The number of rotatable bonds is 5. The molecule has 2 rings (SSSR count). The average Bonchev–Trinajstić information content (AvgIpc) is 2.52. The van der Waals surface area contributed by atoms with Crippen LogP contribution in [0.1, 0.15) is 18.4 Å². The molecule has 1 aliphatic heterocycles. The van der Waals surface area contributed by atoms with E-state index in [1.54, 1.807) is 30.0 Å². The smallest absolute Gasteiger partial charge is 0.243 e. The number of carbonyl (C=O) groups is 2. The van der Waals surface area contributed by atoms with E-state index in [2.05, 4.69) is 0 Å². The quantitative estimate of drug-likeness (QED) is 0.818. The molecule has 0 bridgehead atoms. The second-order valence-electron chi connectivity index (χ2n) is 6.26. The van der Waals surface area contributed by atoms with E-state index in [0.717, 1.165) is 10.6 Å². The molecule has 1 fully saturated rings. The highest BCUT2D eigenvalue weighted by molar-refractivity contribution is 7.92. The van der Waals surface area contributed by atoms with Gasteiger partial charge < -0.3 is 10.6 Å². The second kappa shape index (κ2) is 7.61. The SMILES string of the molecule is Cc1cc(Cl)ccc1N(CC(=O)N1CCC(C(N)=O)CC1)S(C)(=O)=O. The average molecular weight is 388 g/mol. The maximum Gasteiger partial charge on any atom is 0.243 e. The van der Waals surface area contributed by atoms with Crippen LogP contribution in [0, 0.1) is 12.8 Å². The number of halogens is 1. The van der Waals surface area contributed by atoms with Gasteiger partial charge in [-0.1, -0.05) is 11.6 Å². The molecule has 138 valence electrons. The topological polar surface area (TPSA) is 101 Å². The van der Waals surface area contributed by atoms with Gasteiger partial charge >= 0.3 is 0 Å². The number of hydrogen-bond donors (Lipinski definition) is 1. The van der Waals surface area contributed by atoms with Gasteiger partial charge in [-0.25, -0.2) is 8.42 Å². The first-order valence-electron chi connectivity index (χ1n) is 7.90. The maximum atomic E-state index is 12.6. The molecule has 0 radical (unpaired) electrons. The minimum atomic E-state index is -3.64. The largest absolute Gasteiger partial charge is 0.369 e. The fraction of sp³-hybridized carbons (Fsp3) is 0.500. The number of hydrogen-bond acceptors (Lipinski definition) is 4. The van der Waals surface area contributed by atoms with E-state index in [1.807, 2.05) is 0 Å². The molecule has 7 nitrogen and oxygen atoms in total. The van der Waals surface area contributed by atoms with Gasteiger partial charge in [-0.05, 0) is 43.5 Å². The number of sulfonamides is 1. The first-order chi connectivity index (χ1) is 11.6. The van der Waals surface area contributed by atoms with Crippen LogP contribution < -0.4 is 10.0 Å². The molecule has 1 aliphatic rings. The minimum absolute atomic E-state index is 0.228. The van der Waals surface area contributed by atoms with Crippen LogP contribution in [0.4, 0.5) is 5.69 Å². The van der Waals surface area contributed by atoms with Crippen molar-refractivity contribution in [2.24, 2.45) is 11.7 Å². The van der Waals surface area contributed by atoms with Gasteiger partial charge in [0.2, 0.25) is 21.8 Å². The van der Waals surface area contributed by atoms with Crippen LogP contribution in [0.3, 0.4) is 0 Å². The van der Waals surface area contributed by atoms with E-state index >= 15 is 0 Å². The number of carbonyl (C=O) groups excluding carboxylic acids is 2. The Bertz CT molecular complexity index is 774. The summed E-state index contributed by atoms with van der Waals surface area (Å²) in [7, 11) is -3.64. The summed E-state index contributed by atoms with van der Waals surface area (Å²) >= 11 is 5.92. The fourth-order valence-electron chi connectivity index (χ4n) is 2.92. The molecule has 1 heterocycles. The molecule has 25 heavy (non-hydrogen) atoms. The molecule has 0 saturated carbocycles. The molecule has 1 aromatic rings. The molecule has 0 atom stereocenters. The van der Waals surface area contributed by atoms with Crippen LogP contribution >= 0.6 is 11.6 Å². The number of nitrogens with two attached hydrogens (primary N) is 1. The summed E-state index contributed by atoms with van der Waals surface area (Å²) in [4.78, 5) is 25.3. The summed E-state index contributed by atoms with van der Waals surface area (Å²) in [6.45, 7) is 2.23. The van der Waals surface area contributed by atoms with Crippen LogP contribution in [0.2, 0.25) is 5.02 Å². The van der Waals surface area contributed by atoms with Crippen molar-refractivity contribution < 1.29 is 18.0 Å². The summed E-state index contributed by atoms with van der Waals surface area (Å²) in [6, 6.07) is 4.83. The Morgan fingerprint density at radius 3 is 2.40 bits per heavy atom. The second-order valence-corrected chi connectivity index (χ2v) is 8.60. The lowest BCUT2D eigenvalue weighted by molar-refractivity contribution is -0.133. The molecule has 0 unspecified atom stereocenters. The number of aryl methyl sites for hydroxylation is 1. The molecular formula is C16H22ClN3O4S. The van der Waals surface area contributed by atoms with E-state index in [1.165, 1.54) is 0 Å². The predicted molar refractivity (Wildman–Crippen MR) is 96.9 cm³/mol. The van der Waals surface area contributed by atoms with Gasteiger partial charge in [-0.2, -0.15) is 0 Å².